The molecule has 0 aromatic rings. The molecule has 2 amide bonds. The molecule has 1 N–H and O–H groups in total. The number of rotatable bonds is 3. The molecule has 1 aliphatic rings. The predicted molar refractivity (Wildman–Crippen MR) is 66.5 cm³/mol. The second-order valence-corrected chi connectivity index (χ2v) is 5.14. The molecule has 0 aromatic heterocycles. The lowest BCUT2D eigenvalue weighted by atomic mass is 9.98. The summed E-state index contributed by atoms with van der Waals surface area (Å²) in [6.07, 6.45) is 2.46. The summed E-state index contributed by atoms with van der Waals surface area (Å²) in [4.78, 5) is 15.6. The Hall–Kier alpha value is -0.770. The summed E-state index contributed by atoms with van der Waals surface area (Å²) in [6, 6.07) is 0.400. The molecule has 1 fully saturated rings. The Bertz CT molecular complexity index is 222. The van der Waals surface area contributed by atoms with Gasteiger partial charge in [-0.1, -0.05) is 0 Å². The molecule has 0 aliphatic carbocycles. The van der Waals surface area contributed by atoms with Gasteiger partial charge in [0.1, 0.15) is 0 Å². The Labute approximate surface area is 99.0 Å². The Balaban J connectivity index is 2.53. The summed E-state index contributed by atoms with van der Waals surface area (Å²) in [5.41, 5.74) is 0. The van der Waals surface area contributed by atoms with Crippen molar-refractivity contribution in [2.24, 2.45) is 5.92 Å². The van der Waals surface area contributed by atoms with Crippen molar-refractivity contribution in [2.45, 2.75) is 32.7 Å². The van der Waals surface area contributed by atoms with Crippen molar-refractivity contribution in [3.8, 4) is 0 Å². The maximum atomic E-state index is 12.0. The lowest BCUT2D eigenvalue weighted by molar-refractivity contribution is 0.141. The second kappa shape index (κ2) is 6.09. The van der Waals surface area contributed by atoms with Crippen molar-refractivity contribution in [1.82, 2.24) is 15.1 Å². The van der Waals surface area contributed by atoms with Gasteiger partial charge in [-0.3, -0.25) is 0 Å². The lowest BCUT2D eigenvalue weighted by Crippen LogP contribution is -2.47. The highest BCUT2D eigenvalue weighted by Crippen LogP contribution is 2.14. The number of carbonyl (C=O) groups is 1. The first-order valence-corrected chi connectivity index (χ1v) is 6.21. The highest BCUT2D eigenvalue weighted by molar-refractivity contribution is 5.74. The van der Waals surface area contributed by atoms with Gasteiger partial charge in [-0.2, -0.15) is 0 Å². The zero-order valence-electron chi connectivity index (χ0n) is 11.0. The van der Waals surface area contributed by atoms with Crippen molar-refractivity contribution < 1.29 is 4.79 Å². The van der Waals surface area contributed by atoms with Gasteiger partial charge in [-0.15, -0.1) is 0 Å². The minimum Gasteiger partial charge on any atom is -0.331 e. The van der Waals surface area contributed by atoms with Gasteiger partial charge in [0.15, 0.2) is 0 Å². The molecule has 1 atom stereocenters. The van der Waals surface area contributed by atoms with Crippen LogP contribution in [0, 0.1) is 5.92 Å². The van der Waals surface area contributed by atoms with E-state index in [0.717, 1.165) is 19.6 Å². The SMILES string of the molecule is CC(C)N(CC1CCCNC1)C(=O)N(C)C. The first-order valence-electron chi connectivity index (χ1n) is 6.21. The average Bonchev–Trinajstić information content (AvgIpc) is 2.26. The molecule has 94 valence electrons. The first kappa shape index (κ1) is 13.3. The van der Waals surface area contributed by atoms with Crippen LogP contribution < -0.4 is 5.32 Å². The summed E-state index contributed by atoms with van der Waals surface area (Å²) >= 11 is 0. The summed E-state index contributed by atoms with van der Waals surface area (Å²) in [5.74, 6) is 0.611. The van der Waals surface area contributed by atoms with Crippen LogP contribution in [0.15, 0.2) is 0 Å². The van der Waals surface area contributed by atoms with Crippen molar-refractivity contribution in [1.29, 1.82) is 0 Å². The molecule has 16 heavy (non-hydrogen) atoms. The number of piperidine rings is 1. The van der Waals surface area contributed by atoms with Gasteiger partial charge < -0.3 is 15.1 Å². The molecule has 1 saturated heterocycles. The summed E-state index contributed by atoms with van der Waals surface area (Å²) in [7, 11) is 3.63. The monoisotopic (exact) mass is 227 g/mol. The smallest absolute Gasteiger partial charge is 0.319 e. The molecule has 0 saturated carbocycles. The molecule has 1 rings (SSSR count). The Morgan fingerprint density at radius 3 is 2.56 bits per heavy atom. The van der Waals surface area contributed by atoms with E-state index in [1.165, 1.54) is 12.8 Å². The highest BCUT2D eigenvalue weighted by Gasteiger charge is 2.23. The fourth-order valence-corrected chi connectivity index (χ4v) is 2.12. The molecule has 4 nitrogen and oxygen atoms in total. The maximum Gasteiger partial charge on any atom is 0.319 e. The second-order valence-electron chi connectivity index (χ2n) is 5.14. The van der Waals surface area contributed by atoms with Crippen molar-refractivity contribution in [3.63, 3.8) is 0 Å². The number of nitrogens with zero attached hydrogens (tertiary/aromatic N) is 2. The maximum absolute atomic E-state index is 12.0. The molecule has 0 aromatic carbocycles. The first-order chi connectivity index (χ1) is 7.52. The van der Waals surface area contributed by atoms with Gasteiger partial charge in [-0.05, 0) is 45.7 Å². The van der Waals surface area contributed by atoms with Gasteiger partial charge in [-0.25, -0.2) is 4.79 Å². The van der Waals surface area contributed by atoms with E-state index in [1.807, 2.05) is 19.0 Å². The van der Waals surface area contributed by atoms with E-state index in [1.54, 1.807) is 4.90 Å². The third-order valence-corrected chi connectivity index (χ3v) is 3.11. The van der Waals surface area contributed by atoms with Gasteiger partial charge in [0.2, 0.25) is 0 Å². The highest BCUT2D eigenvalue weighted by atomic mass is 16.2. The molecule has 0 spiro atoms. The molecule has 1 unspecified atom stereocenters. The van der Waals surface area contributed by atoms with Crippen LogP contribution in [0.5, 0.6) is 0 Å². The molecule has 0 bridgehead atoms. The van der Waals surface area contributed by atoms with Crippen molar-refractivity contribution in [3.05, 3.63) is 0 Å². The molecule has 0 radical (unpaired) electrons. The zero-order valence-corrected chi connectivity index (χ0v) is 11.0. The number of hydrogen-bond donors (Lipinski definition) is 1. The summed E-state index contributed by atoms with van der Waals surface area (Å²) < 4.78 is 0. The van der Waals surface area contributed by atoms with Crippen LogP contribution in [0.25, 0.3) is 0 Å². The van der Waals surface area contributed by atoms with Crippen LogP contribution in [0.4, 0.5) is 4.79 Å². The fourth-order valence-electron chi connectivity index (χ4n) is 2.12. The number of carbonyl (C=O) groups excluding carboxylic acids is 1. The minimum absolute atomic E-state index is 0.126. The minimum atomic E-state index is 0.126. The van der Waals surface area contributed by atoms with Gasteiger partial charge in [0.05, 0.1) is 0 Å². The van der Waals surface area contributed by atoms with Gasteiger partial charge in [0.25, 0.3) is 0 Å². The van der Waals surface area contributed by atoms with Crippen LogP contribution in [0.3, 0.4) is 0 Å². The van der Waals surface area contributed by atoms with E-state index in [0.29, 0.717) is 5.92 Å². The van der Waals surface area contributed by atoms with E-state index < -0.39 is 0 Å². The van der Waals surface area contributed by atoms with Crippen LogP contribution in [0.1, 0.15) is 26.7 Å². The van der Waals surface area contributed by atoms with E-state index >= 15 is 0 Å². The van der Waals surface area contributed by atoms with Crippen molar-refractivity contribution >= 4 is 6.03 Å². The van der Waals surface area contributed by atoms with Gasteiger partial charge in [0, 0.05) is 26.7 Å². The van der Waals surface area contributed by atoms with Crippen LogP contribution in [-0.2, 0) is 0 Å². The number of nitrogens with one attached hydrogen (secondary N) is 1. The standard InChI is InChI=1S/C12H25N3O/c1-10(2)15(12(16)14(3)4)9-11-6-5-7-13-8-11/h10-11,13H,5-9H2,1-4H3. The molecule has 1 aliphatic heterocycles. The zero-order chi connectivity index (χ0) is 12.1. The van der Waals surface area contributed by atoms with Gasteiger partial charge >= 0.3 is 6.03 Å². The quantitative estimate of drug-likeness (QED) is 0.790. The largest absolute Gasteiger partial charge is 0.331 e. The van der Waals surface area contributed by atoms with Crippen LogP contribution in [0.2, 0.25) is 0 Å². The molecular weight excluding hydrogens is 202 g/mol. The third kappa shape index (κ3) is 3.67. The number of urea groups is 1. The summed E-state index contributed by atoms with van der Waals surface area (Å²) in [5, 5.41) is 3.40. The van der Waals surface area contributed by atoms with E-state index in [4.69, 9.17) is 0 Å². The normalized spacial score (nSPS) is 20.9. The van der Waals surface area contributed by atoms with Crippen molar-refractivity contribution in [2.75, 3.05) is 33.7 Å². The third-order valence-electron chi connectivity index (χ3n) is 3.11. The average molecular weight is 227 g/mol. The van der Waals surface area contributed by atoms with E-state index in [2.05, 4.69) is 19.2 Å². The Kier molecular flexibility index (Phi) is 5.06. The number of hydrogen-bond acceptors (Lipinski definition) is 2. The molecular formula is C12H25N3O. The molecule has 1 heterocycles. The van der Waals surface area contributed by atoms with E-state index in [-0.39, 0.29) is 12.1 Å². The van der Waals surface area contributed by atoms with E-state index in [9.17, 15) is 4.79 Å². The Morgan fingerprint density at radius 1 is 1.44 bits per heavy atom. The number of amides is 2. The summed E-state index contributed by atoms with van der Waals surface area (Å²) in [6.45, 7) is 7.21. The van der Waals surface area contributed by atoms with Crippen LogP contribution >= 0.6 is 0 Å². The predicted octanol–water partition coefficient (Wildman–Crippen LogP) is 1.38. The lowest BCUT2D eigenvalue weighted by Gasteiger charge is -2.34. The Morgan fingerprint density at radius 2 is 2.12 bits per heavy atom. The molecule has 4 heteroatoms. The van der Waals surface area contributed by atoms with Crippen LogP contribution in [-0.4, -0.2) is 55.6 Å². The topological polar surface area (TPSA) is 35.6 Å². The fraction of sp³-hybridized carbons (Fsp3) is 0.917.